The highest BCUT2D eigenvalue weighted by Gasteiger charge is 2.24. The number of nitrogens with two attached hydrogens (primary N) is 2. The van der Waals surface area contributed by atoms with Gasteiger partial charge < -0.3 is 31.8 Å². The van der Waals surface area contributed by atoms with Gasteiger partial charge in [0.25, 0.3) is 25.2 Å². The Labute approximate surface area is 250 Å². The maximum Gasteiger partial charge on any atom is 0.328 e. The molecular formula is C21H30N8O9S4. The minimum atomic E-state index is -4.09. The Morgan fingerprint density at radius 2 is 1.93 bits per heavy atom. The van der Waals surface area contributed by atoms with Gasteiger partial charge in [0, 0.05) is 43.6 Å². The van der Waals surface area contributed by atoms with Crippen molar-refractivity contribution in [1.29, 1.82) is 0 Å². The Hall–Kier alpha value is -3.76. The van der Waals surface area contributed by atoms with Crippen LogP contribution in [0.5, 0.6) is 0 Å². The predicted octanol–water partition coefficient (Wildman–Crippen LogP) is -3.53. The number of aromatic nitrogens is 1. The zero-order chi connectivity index (χ0) is 31.9. The van der Waals surface area contributed by atoms with Crippen LogP contribution in [-0.4, -0.2) is 88.8 Å². The van der Waals surface area contributed by atoms with Crippen LogP contribution in [0.2, 0.25) is 0 Å². The highest BCUT2D eigenvalue weighted by molar-refractivity contribution is 7.98. The first-order valence-corrected chi connectivity index (χ1v) is 16.2. The predicted molar refractivity (Wildman–Crippen MR) is 154 cm³/mol. The Morgan fingerprint density at radius 1 is 1.26 bits per heavy atom. The van der Waals surface area contributed by atoms with Crippen molar-refractivity contribution in [2.45, 2.75) is 15.5 Å². The number of thiazole rings is 1. The van der Waals surface area contributed by atoms with Gasteiger partial charge >= 0.3 is 11.9 Å². The fourth-order valence-electron chi connectivity index (χ4n) is 2.51. The molecule has 2 aromatic rings. The normalized spacial score (nSPS) is 12.0. The lowest BCUT2D eigenvalue weighted by Gasteiger charge is -2.15. The molecule has 1 aromatic heterocycles. The number of sulfonamides is 2. The SMILES string of the molecule is CN=C(NCCSCc1csc([NH+]=C(N)N)n1)NS(=O)(=O)c1cccc(S(=O)(=O)N(C)OC)c1.O=C([O-])/C=C/C(=O)O. The number of thioether (sulfide) groups is 1. The lowest BCUT2D eigenvalue weighted by atomic mass is 10.4. The van der Waals surface area contributed by atoms with Gasteiger partial charge in [0.1, 0.15) is 5.69 Å². The van der Waals surface area contributed by atoms with E-state index in [1.807, 2.05) is 5.38 Å². The Balaban J connectivity index is 0.000000962. The standard InChI is InChI=1S/C17H26N8O5S4.C4H4O4/c1-20-16(21-7-8-31-10-12-11-32-17(22-12)23-15(18)19)24-33(26,27)13-5-4-6-14(9-13)34(28,29)25(2)30-3;5-3(6)1-2-4(7)8/h4-6,9,11H,7-8,10H2,1-3H3,(H2,20,21,24)(H4,18,19,22,23);1-2H,(H,5,6)(H,7,8)/b;2-1+. The number of carboxylic acid groups (broad SMARTS) is 2. The van der Waals surface area contributed by atoms with Crippen molar-refractivity contribution < 1.29 is 46.5 Å². The highest BCUT2D eigenvalue weighted by atomic mass is 32.2. The monoisotopic (exact) mass is 666 g/mol. The van der Waals surface area contributed by atoms with Crippen LogP contribution in [0.4, 0.5) is 5.13 Å². The van der Waals surface area contributed by atoms with Crippen LogP contribution in [0.1, 0.15) is 5.69 Å². The molecule has 0 unspecified atom stereocenters. The molecule has 17 nitrogen and oxygen atoms in total. The first-order chi connectivity index (χ1) is 19.6. The molecule has 0 bridgehead atoms. The van der Waals surface area contributed by atoms with Crippen LogP contribution in [0.25, 0.3) is 0 Å². The van der Waals surface area contributed by atoms with E-state index in [0.29, 0.717) is 39.8 Å². The number of benzene rings is 1. The summed E-state index contributed by atoms with van der Waals surface area (Å²) in [4.78, 5) is 34.2. The number of hydroxylamine groups is 1. The maximum atomic E-state index is 12.8. The van der Waals surface area contributed by atoms with Crippen molar-refractivity contribution in [2.24, 2.45) is 16.5 Å². The van der Waals surface area contributed by atoms with Crippen LogP contribution >= 0.6 is 23.1 Å². The number of hydrogen-bond acceptors (Lipinski definition) is 12. The summed E-state index contributed by atoms with van der Waals surface area (Å²) in [6, 6.07) is 4.93. The van der Waals surface area contributed by atoms with E-state index in [1.54, 1.807) is 11.8 Å². The Bertz CT molecular complexity index is 1500. The lowest BCUT2D eigenvalue weighted by Crippen LogP contribution is -2.72. The summed E-state index contributed by atoms with van der Waals surface area (Å²) in [7, 11) is -4.27. The molecule has 2 rings (SSSR count). The molecule has 0 radical (unpaired) electrons. The molecule has 0 amide bonds. The van der Waals surface area contributed by atoms with Gasteiger partial charge in [0.15, 0.2) is 0 Å². The number of hydrogen-bond donors (Lipinski definition) is 6. The van der Waals surface area contributed by atoms with Gasteiger partial charge in [0.2, 0.25) is 5.96 Å². The minimum Gasteiger partial charge on any atom is -0.545 e. The molecule has 0 fully saturated rings. The van der Waals surface area contributed by atoms with Gasteiger partial charge in [-0.3, -0.25) is 9.83 Å². The van der Waals surface area contributed by atoms with Crippen LogP contribution in [0.3, 0.4) is 0 Å². The number of rotatable bonds is 13. The number of carbonyl (C=O) groups excluding carboxylic acids is 1. The second kappa shape index (κ2) is 17.3. The largest absolute Gasteiger partial charge is 0.545 e. The summed E-state index contributed by atoms with van der Waals surface area (Å²) in [6.07, 6.45) is 0.942. The molecule has 0 aliphatic carbocycles. The van der Waals surface area contributed by atoms with Crippen molar-refractivity contribution in [1.82, 2.24) is 19.5 Å². The summed E-state index contributed by atoms with van der Waals surface area (Å²) in [5.74, 6) is -1.42. The van der Waals surface area contributed by atoms with Crippen LogP contribution in [-0.2, 0) is 40.2 Å². The van der Waals surface area contributed by atoms with E-state index in [0.717, 1.165) is 11.8 Å². The fraction of sp³-hybridized carbons (Fsp3) is 0.286. The summed E-state index contributed by atoms with van der Waals surface area (Å²) < 4.78 is 53.3. The zero-order valence-electron chi connectivity index (χ0n) is 22.5. The van der Waals surface area contributed by atoms with Gasteiger partial charge in [-0.05, 0) is 24.3 Å². The molecule has 1 aromatic carbocycles. The molecule has 8 N–H and O–H groups in total. The molecule has 0 saturated heterocycles. The number of carboxylic acids is 2. The molecule has 42 heavy (non-hydrogen) atoms. The molecule has 0 spiro atoms. The van der Waals surface area contributed by atoms with Gasteiger partial charge in [-0.2, -0.15) is 11.8 Å². The van der Waals surface area contributed by atoms with Gasteiger partial charge in [-0.15, -0.1) is 4.98 Å². The zero-order valence-corrected chi connectivity index (χ0v) is 25.8. The number of guanidine groups is 2. The molecule has 0 aliphatic rings. The summed E-state index contributed by atoms with van der Waals surface area (Å²) in [5, 5.41) is 22.6. The Kier molecular flexibility index (Phi) is 14.9. The van der Waals surface area contributed by atoms with Crippen LogP contribution in [0.15, 0.2) is 56.6 Å². The number of aliphatic imine (C=N–C) groups is 1. The van der Waals surface area contributed by atoms with Crippen LogP contribution in [0, 0.1) is 0 Å². The second-order valence-corrected chi connectivity index (χ2v) is 13.0. The Morgan fingerprint density at radius 3 is 2.48 bits per heavy atom. The molecular weight excluding hydrogens is 637 g/mol. The topological polar surface area (TPSA) is 273 Å². The summed E-state index contributed by atoms with van der Waals surface area (Å²) in [5.41, 5.74) is 11.6. The van der Waals surface area contributed by atoms with Gasteiger partial charge in [-0.25, -0.2) is 31.3 Å². The molecule has 1 heterocycles. The smallest absolute Gasteiger partial charge is 0.328 e. The van der Waals surface area contributed by atoms with E-state index in [1.165, 1.54) is 50.7 Å². The highest BCUT2D eigenvalue weighted by Crippen LogP contribution is 2.19. The third-order valence-corrected chi connectivity index (χ3v) is 9.23. The van der Waals surface area contributed by atoms with E-state index in [-0.39, 0.29) is 21.7 Å². The number of carbonyl (C=O) groups is 2. The van der Waals surface area contributed by atoms with E-state index >= 15 is 0 Å². The molecule has 0 aliphatic heterocycles. The molecule has 0 atom stereocenters. The maximum absolute atomic E-state index is 12.8. The van der Waals surface area contributed by atoms with Crippen molar-refractivity contribution in [3.63, 3.8) is 0 Å². The number of nitrogens with zero attached hydrogens (tertiary/aromatic N) is 3. The fourth-order valence-corrected chi connectivity index (χ4v) is 6.26. The molecule has 0 saturated carbocycles. The first-order valence-electron chi connectivity index (χ1n) is 11.3. The molecule has 21 heteroatoms. The third-order valence-electron chi connectivity index (χ3n) is 4.42. The van der Waals surface area contributed by atoms with Gasteiger partial charge in [0.05, 0.1) is 22.9 Å². The second-order valence-electron chi connectivity index (χ2n) is 7.44. The van der Waals surface area contributed by atoms with Crippen molar-refractivity contribution in [3.8, 4) is 0 Å². The number of nitrogens with one attached hydrogen (secondary N) is 3. The third kappa shape index (κ3) is 12.8. The van der Waals surface area contributed by atoms with Crippen molar-refractivity contribution in [2.75, 3.05) is 33.5 Å². The van der Waals surface area contributed by atoms with Crippen LogP contribution < -0.4 is 31.6 Å². The van der Waals surface area contributed by atoms with E-state index in [9.17, 15) is 31.5 Å². The van der Waals surface area contributed by atoms with E-state index in [4.69, 9.17) is 21.4 Å². The summed E-state index contributed by atoms with van der Waals surface area (Å²) in [6.45, 7) is 0.422. The minimum absolute atomic E-state index is 0.0250. The van der Waals surface area contributed by atoms with Crippen molar-refractivity contribution >= 4 is 72.1 Å². The average Bonchev–Trinajstić information content (AvgIpc) is 3.37. The number of aliphatic carboxylic acids is 2. The summed E-state index contributed by atoms with van der Waals surface area (Å²) >= 11 is 2.97. The van der Waals surface area contributed by atoms with Gasteiger partial charge in [-0.1, -0.05) is 21.9 Å². The molecule has 232 valence electrons. The van der Waals surface area contributed by atoms with E-state index < -0.39 is 32.0 Å². The van der Waals surface area contributed by atoms with E-state index in [2.05, 4.69) is 25.0 Å². The average molecular weight is 667 g/mol. The van der Waals surface area contributed by atoms with Crippen molar-refractivity contribution in [3.05, 3.63) is 47.5 Å². The quantitative estimate of drug-likeness (QED) is 0.0398. The first kappa shape index (κ1) is 36.3. The lowest BCUT2D eigenvalue weighted by molar-refractivity contribution is -0.355.